The molecule has 0 unspecified atom stereocenters. The molecule has 2 aliphatic rings. The summed E-state index contributed by atoms with van der Waals surface area (Å²) in [5.74, 6) is 0.816. The molecular weight excluding hydrogens is 244 g/mol. The number of fused-ring (bicyclic) bond motifs is 2. The Morgan fingerprint density at radius 1 is 1.42 bits per heavy atom. The van der Waals surface area contributed by atoms with E-state index in [2.05, 4.69) is 15.0 Å². The lowest BCUT2D eigenvalue weighted by Crippen LogP contribution is -2.31. The van der Waals surface area contributed by atoms with Crippen LogP contribution in [0.5, 0.6) is 0 Å². The summed E-state index contributed by atoms with van der Waals surface area (Å²) in [6, 6.07) is 0.297. The number of nitrogen functional groups attached to an aromatic ring is 1. The molecule has 4 atom stereocenters. The van der Waals surface area contributed by atoms with Gasteiger partial charge in [-0.15, -0.1) is 0 Å². The van der Waals surface area contributed by atoms with E-state index in [1.54, 1.807) is 6.33 Å². The number of aromatic nitrogens is 4. The lowest BCUT2D eigenvalue weighted by atomic mass is 10.0. The molecule has 0 bridgehead atoms. The van der Waals surface area contributed by atoms with Crippen LogP contribution in [-0.2, 0) is 0 Å². The number of rotatable bonds is 2. The van der Waals surface area contributed by atoms with E-state index in [0.717, 1.165) is 18.5 Å². The molecular formula is C12H16N6O. The third kappa shape index (κ3) is 1.26. The van der Waals surface area contributed by atoms with Crippen molar-refractivity contribution in [1.82, 2.24) is 19.5 Å². The first-order chi connectivity index (χ1) is 9.17. The first-order valence-electron chi connectivity index (χ1n) is 6.47. The predicted octanol–water partition coefficient (Wildman–Crippen LogP) is -0.321. The minimum absolute atomic E-state index is 0.0455. The number of imidazole rings is 1. The second-order valence-electron chi connectivity index (χ2n) is 5.69. The van der Waals surface area contributed by atoms with Crippen LogP contribution >= 0.6 is 0 Å². The zero-order valence-electron chi connectivity index (χ0n) is 10.4. The van der Waals surface area contributed by atoms with E-state index in [9.17, 15) is 5.11 Å². The molecule has 2 fully saturated rings. The summed E-state index contributed by atoms with van der Waals surface area (Å²) in [5.41, 5.74) is 13.3. The largest absolute Gasteiger partial charge is 0.396 e. The molecule has 2 heterocycles. The van der Waals surface area contributed by atoms with Gasteiger partial charge in [0.15, 0.2) is 11.5 Å². The van der Waals surface area contributed by atoms with Crippen LogP contribution in [0.3, 0.4) is 0 Å². The van der Waals surface area contributed by atoms with Crippen LogP contribution in [0.2, 0.25) is 0 Å². The Balaban J connectivity index is 1.79. The first-order valence-corrected chi connectivity index (χ1v) is 6.47. The van der Waals surface area contributed by atoms with E-state index >= 15 is 0 Å². The van der Waals surface area contributed by atoms with Crippen molar-refractivity contribution in [3.63, 3.8) is 0 Å². The molecule has 19 heavy (non-hydrogen) atoms. The van der Waals surface area contributed by atoms with Crippen LogP contribution in [-0.4, -0.2) is 37.3 Å². The maximum absolute atomic E-state index is 9.56. The first kappa shape index (κ1) is 11.1. The Morgan fingerprint density at radius 2 is 2.26 bits per heavy atom. The van der Waals surface area contributed by atoms with Gasteiger partial charge in [0.05, 0.1) is 12.9 Å². The number of nitrogens with zero attached hydrogens (tertiary/aromatic N) is 4. The lowest BCUT2D eigenvalue weighted by Gasteiger charge is -2.17. The van der Waals surface area contributed by atoms with E-state index in [1.807, 2.05) is 4.57 Å². The van der Waals surface area contributed by atoms with E-state index < -0.39 is 0 Å². The Bertz CT molecular complexity index is 655. The second-order valence-corrected chi connectivity index (χ2v) is 5.69. The third-order valence-corrected chi connectivity index (χ3v) is 4.92. The van der Waals surface area contributed by atoms with Crippen LogP contribution in [0.1, 0.15) is 18.9 Å². The quantitative estimate of drug-likeness (QED) is 0.681. The Morgan fingerprint density at radius 3 is 2.95 bits per heavy atom. The van der Waals surface area contributed by atoms with Crippen LogP contribution in [0, 0.1) is 11.3 Å². The van der Waals surface area contributed by atoms with Crippen LogP contribution in [0.25, 0.3) is 11.2 Å². The van der Waals surface area contributed by atoms with Crippen molar-refractivity contribution < 1.29 is 5.11 Å². The number of nitrogens with two attached hydrogens (primary N) is 2. The van der Waals surface area contributed by atoms with E-state index in [0.29, 0.717) is 17.3 Å². The molecule has 2 aliphatic carbocycles. The minimum atomic E-state index is -0.0835. The maximum Gasteiger partial charge on any atom is 0.165 e. The van der Waals surface area contributed by atoms with Crippen LogP contribution in [0.4, 0.5) is 5.82 Å². The van der Waals surface area contributed by atoms with Gasteiger partial charge in [0, 0.05) is 17.5 Å². The van der Waals surface area contributed by atoms with Gasteiger partial charge in [0.1, 0.15) is 11.8 Å². The van der Waals surface area contributed by atoms with Crippen molar-refractivity contribution in [1.29, 1.82) is 0 Å². The summed E-state index contributed by atoms with van der Waals surface area (Å²) in [6.45, 7) is 0.166. The number of aliphatic hydroxyl groups excluding tert-OH is 1. The van der Waals surface area contributed by atoms with Gasteiger partial charge in [-0.25, -0.2) is 15.0 Å². The SMILES string of the molecule is Nc1ncnc2c1ncn2[C@H]1C[C@H](N)[C@]2(CO)C[C@H]12. The highest BCUT2D eigenvalue weighted by atomic mass is 16.3. The van der Waals surface area contributed by atoms with Crippen LogP contribution < -0.4 is 11.5 Å². The maximum atomic E-state index is 9.56. The predicted molar refractivity (Wildman–Crippen MR) is 69.0 cm³/mol. The summed E-state index contributed by atoms with van der Waals surface area (Å²) >= 11 is 0. The fourth-order valence-electron chi connectivity index (χ4n) is 3.67. The highest BCUT2D eigenvalue weighted by Crippen LogP contribution is 2.66. The van der Waals surface area contributed by atoms with Crippen molar-refractivity contribution in [3.05, 3.63) is 12.7 Å². The van der Waals surface area contributed by atoms with Gasteiger partial charge in [-0.05, 0) is 18.8 Å². The van der Waals surface area contributed by atoms with Gasteiger partial charge in [-0.2, -0.15) is 0 Å². The summed E-state index contributed by atoms with van der Waals surface area (Å²) in [6.07, 6.45) is 5.05. The third-order valence-electron chi connectivity index (χ3n) is 4.92. The second kappa shape index (κ2) is 3.43. The van der Waals surface area contributed by atoms with Crippen molar-refractivity contribution in [2.24, 2.45) is 17.1 Å². The standard InChI is InChI=1S/C12H16N6O/c13-8-1-7(6-2-12(6,8)3-19)18-5-17-9-10(14)15-4-16-11(9)18/h4-8,19H,1-3,13H2,(H2,14,15,16)/t6-,7+,8+,12+/m1/s1. The molecule has 2 aromatic heterocycles. The molecule has 0 aromatic carbocycles. The number of hydrogen-bond donors (Lipinski definition) is 3. The molecule has 0 radical (unpaired) electrons. The molecule has 0 spiro atoms. The smallest absolute Gasteiger partial charge is 0.165 e. The fourth-order valence-corrected chi connectivity index (χ4v) is 3.67. The summed E-state index contributed by atoms with van der Waals surface area (Å²) < 4.78 is 2.04. The average molecular weight is 260 g/mol. The molecule has 100 valence electrons. The van der Waals surface area contributed by atoms with Gasteiger partial charge >= 0.3 is 0 Å². The zero-order valence-corrected chi connectivity index (χ0v) is 10.4. The van der Waals surface area contributed by atoms with Crippen molar-refractivity contribution in [2.75, 3.05) is 12.3 Å². The molecule has 2 saturated carbocycles. The Labute approximate surface area is 109 Å². The summed E-state index contributed by atoms with van der Waals surface area (Å²) in [7, 11) is 0. The topological polar surface area (TPSA) is 116 Å². The van der Waals surface area contributed by atoms with Crippen molar-refractivity contribution >= 4 is 17.0 Å². The molecule has 0 aliphatic heterocycles. The molecule has 4 rings (SSSR count). The number of aliphatic hydroxyl groups is 1. The Kier molecular flexibility index (Phi) is 2.01. The monoisotopic (exact) mass is 260 g/mol. The summed E-state index contributed by atoms with van der Waals surface area (Å²) in [5, 5.41) is 9.56. The van der Waals surface area contributed by atoms with Gasteiger partial charge in [-0.1, -0.05) is 0 Å². The molecule has 7 nitrogen and oxygen atoms in total. The van der Waals surface area contributed by atoms with E-state index in [-0.39, 0.29) is 24.1 Å². The molecule has 0 amide bonds. The highest BCUT2D eigenvalue weighted by Gasteiger charge is 2.66. The molecule has 0 saturated heterocycles. The fraction of sp³-hybridized carbons (Fsp3) is 0.583. The average Bonchev–Trinajstić information content (AvgIpc) is 2.89. The normalized spacial score (nSPS) is 36.6. The van der Waals surface area contributed by atoms with Crippen LogP contribution in [0.15, 0.2) is 12.7 Å². The molecule has 7 heteroatoms. The van der Waals surface area contributed by atoms with Gasteiger partial charge in [0.2, 0.25) is 0 Å². The van der Waals surface area contributed by atoms with Crippen molar-refractivity contribution in [3.8, 4) is 0 Å². The lowest BCUT2D eigenvalue weighted by molar-refractivity contribution is 0.191. The van der Waals surface area contributed by atoms with Gasteiger partial charge in [-0.3, -0.25) is 0 Å². The van der Waals surface area contributed by atoms with Crippen molar-refractivity contribution in [2.45, 2.75) is 24.9 Å². The summed E-state index contributed by atoms with van der Waals surface area (Å²) in [4.78, 5) is 12.5. The highest BCUT2D eigenvalue weighted by molar-refractivity contribution is 5.81. The van der Waals surface area contributed by atoms with Gasteiger partial charge < -0.3 is 21.1 Å². The number of hydrogen-bond acceptors (Lipinski definition) is 6. The zero-order chi connectivity index (χ0) is 13.2. The number of anilines is 1. The van der Waals surface area contributed by atoms with Gasteiger partial charge in [0.25, 0.3) is 0 Å². The van der Waals surface area contributed by atoms with E-state index in [4.69, 9.17) is 11.5 Å². The Hall–Kier alpha value is -1.73. The molecule has 5 N–H and O–H groups in total. The minimum Gasteiger partial charge on any atom is -0.396 e. The van der Waals surface area contributed by atoms with E-state index in [1.165, 1.54) is 6.33 Å². The molecule has 2 aromatic rings.